The third-order valence-corrected chi connectivity index (χ3v) is 3.54. The fourth-order valence-electron chi connectivity index (χ4n) is 2.41. The van der Waals surface area contributed by atoms with Crippen LogP contribution in [0.25, 0.3) is 22.1 Å². The van der Waals surface area contributed by atoms with E-state index in [1.165, 1.54) is 10.9 Å². The molecule has 0 fully saturated rings. The second-order valence-corrected chi connectivity index (χ2v) is 4.99. The van der Waals surface area contributed by atoms with Crippen molar-refractivity contribution in [1.29, 1.82) is 0 Å². The van der Waals surface area contributed by atoms with Crippen molar-refractivity contribution in [3.05, 3.63) is 59.1 Å². The smallest absolute Gasteiger partial charge is 0.263 e. The number of ether oxygens (including phenoxy) is 1. The molecule has 23 heavy (non-hydrogen) atoms. The van der Waals surface area contributed by atoms with Gasteiger partial charge >= 0.3 is 0 Å². The second kappa shape index (κ2) is 5.20. The monoisotopic (exact) mass is 308 g/mol. The van der Waals surface area contributed by atoms with Crippen molar-refractivity contribution >= 4 is 22.1 Å². The molecule has 0 radical (unpaired) electrons. The Labute approximate surface area is 130 Å². The molecule has 3 aromatic heterocycles. The molecule has 7 nitrogen and oxygen atoms in total. The van der Waals surface area contributed by atoms with E-state index in [-0.39, 0.29) is 12.1 Å². The standard InChI is InChI=1S/C16H12N4O3/c1-22-10-4-5-13-12(7-10)19-14(23-13)8-20-9-18-15-11(16(20)21)3-2-6-17-15/h2-7,9H,8H2,1H3. The number of pyridine rings is 1. The maximum Gasteiger partial charge on any atom is 0.263 e. The summed E-state index contributed by atoms with van der Waals surface area (Å²) < 4.78 is 12.3. The van der Waals surface area contributed by atoms with Crippen LogP contribution in [0.1, 0.15) is 5.89 Å². The first-order valence-electron chi connectivity index (χ1n) is 6.98. The van der Waals surface area contributed by atoms with Crippen molar-refractivity contribution in [1.82, 2.24) is 19.5 Å². The van der Waals surface area contributed by atoms with Crippen molar-refractivity contribution < 1.29 is 9.15 Å². The lowest BCUT2D eigenvalue weighted by molar-refractivity contribution is 0.415. The molecule has 3 heterocycles. The molecule has 4 aromatic rings. The van der Waals surface area contributed by atoms with E-state index in [1.54, 1.807) is 43.6 Å². The summed E-state index contributed by atoms with van der Waals surface area (Å²) in [6.07, 6.45) is 3.06. The number of fused-ring (bicyclic) bond motifs is 2. The van der Waals surface area contributed by atoms with E-state index in [0.29, 0.717) is 33.8 Å². The molecule has 1 aromatic carbocycles. The van der Waals surface area contributed by atoms with Crippen molar-refractivity contribution in [2.75, 3.05) is 7.11 Å². The van der Waals surface area contributed by atoms with E-state index in [2.05, 4.69) is 15.0 Å². The Morgan fingerprint density at radius 2 is 2.17 bits per heavy atom. The van der Waals surface area contributed by atoms with Crippen LogP contribution in [-0.2, 0) is 6.54 Å². The lowest BCUT2D eigenvalue weighted by Gasteiger charge is -2.02. The Hall–Kier alpha value is -3.22. The Morgan fingerprint density at radius 1 is 1.26 bits per heavy atom. The topological polar surface area (TPSA) is 83.0 Å². The summed E-state index contributed by atoms with van der Waals surface area (Å²) in [5.74, 6) is 1.13. The molecule has 0 amide bonds. The van der Waals surface area contributed by atoms with Crippen LogP contribution in [0.3, 0.4) is 0 Å². The van der Waals surface area contributed by atoms with E-state index in [1.807, 2.05) is 0 Å². The van der Waals surface area contributed by atoms with Gasteiger partial charge in [-0.3, -0.25) is 9.36 Å². The van der Waals surface area contributed by atoms with Gasteiger partial charge in [0.15, 0.2) is 11.2 Å². The third kappa shape index (κ3) is 2.32. The molecule has 0 unspecified atom stereocenters. The van der Waals surface area contributed by atoms with Crippen molar-refractivity contribution in [3.8, 4) is 5.75 Å². The van der Waals surface area contributed by atoms with Gasteiger partial charge in [0.1, 0.15) is 24.1 Å². The maximum absolute atomic E-state index is 12.4. The van der Waals surface area contributed by atoms with Gasteiger partial charge in [-0.2, -0.15) is 0 Å². The van der Waals surface area contributed by atoms with Gasteiger partial charge in [-0.1, -0.05) is 0 Å². The zero-order valence-electron chi connectivity index (χ0n) is 12.3. The highest BCUT2D eigenvalue weighted by molar-refractivity contribution is 5.74. The molecular weight excluding hydrogens is 296 g/mol. The van der Waals surface area contributed by atoms with Crippen LogP contribution >= 0.6 is 0 Å². The molecule has 0 spiro atoms. The van der Waals surface area contributed by atoms with Crippen LogP contribution in [0.15, 0.2) is 52.1 Å². The largest absolute Gasteiger partial charge is 0.497 e. The summed E-state index contributed by atoms with van der Waals surface area (Å²) in [6.45, 7) is 0.202. The quantitative estimate of drug-likeness (QED) is 0.575. The van der Waals surface area contributed by atoms with Crippen molar-refractivity contribution in [2.45, 2.75) is 6.54 Å². The fourth-order valence-corrected chi connectivity index (χ4v) is 2.41. The van der Waals surface area contributed by atoms with Crippen LogP contribution in [0.2, 0.25) is 0 Å². The SMILES string of the molecule is COc1ccc2oc(Cn3cnc4ncccc4c3=O)nc2c1. The van der Waals surface area contributed by atoms with Gasteiger partial charge in [-0.25, -0.2) is 15.0 Å². The number of rotatable bonds is 3. The van der Waals surface area contributed by atoms with Gasteiger partial charge in [-0.15, -0.1) is 0 Å². The Kier molecular flexibility index (Phi) is 3.04. The summed E-state index contributed by atoms with van der Waals surface area (Å²) in [4.78, 5) is 25.1. The minimum Gasteiger partial charge on any atom is -0.497 e. The zero-order chi connectivity index (χ0) is 15.8. The number of hydrogen-bond acceptors (Lipinski definition) is 6. The number of oxazole rings is 1. The highest BCUT2D eigenvalue weighted by Gasteiger charge is 2.10. The predicted octanol–water partition coefficient (Wildman–Crippen LogP) is 1.99. The predicted molar refractivity (Wildman–Crippen MR) is 83.5 cm³/mol. The van der Waals surface area contributed by atoms with Crippen molar-refractivity contribution in [3.63, 3.8) is 0 Å². The van der Waals surface area contributed by atoms with Gasteiger partial charge in [0.2, 0.25) is 5.89 Å². The molecule has 0 atom stereocenters. The molecule has 0 aliphatic rings. The van der Waals surface area contributed by atoms with Gasteiger partial charge in [0.25, 0.3) is 5.56 Å². The highest BCUT2D eigenvalue weighted by Crippen LogP contribution is 2.21. The Balaban J connectivity index is 1.75. The summed E-state index contributed by atoms with van der Waals surface area (Å²) >= 11 is 0. The number of hydrogen-bond donors (Lipinski definition) is 0. The summed E-state index contributed by atoms with van der Waals surface area (Å²) in [7, 11) is 1.59. The third-order valence-electron chi connectivity index (χ3n) is 3.54. The number of methoxy groups -OCH3 is 1. The average molecular weight is 308 g/mol. The van der Waals surface area contributed by atoms with Crippen LogP contribution < -0.4 is 10.3 Å². The minimum absolute atomic E-state index is 0.178. The first-order valence-corrected chi connectivity index (χ1v) is 6.98. The van der Waals surface area contributed by atoms with Crippen LogP contribution in [0, 0.1) is 0 Å². The summed E-state index contributed by atoms with van der Waals surface area (Å²) in [5.41, 5.74) is 1.58. The first kappa shape index (κ1) is 13.4. The molecular formula is C16H12N4O3. The molecule has 0 N–H and O–H groups in total. The second-order valence-electron chi connectivity index (χ2n) is 4.99. The van der Waals surface area contributed by atoms with E-state index >= 15 is 0 Å². The van der Waals surface area contributed by atoms with Gasteiger partial charge < -0.3 is 9.15 Å². The molecule has 0 aliphatic carbocycles. The highest BCUT2D eigenvalue weighted by atomic mass is 16.5. The maximum atomic E-state index is 12.4. The Bertz CT molecular complexity index is 1070. The number of nitrogens with zero attached hydrogens (tertiary/aromatic N) is 4. The Morgan fingerprint density at radius 3 is 3.04 bits per heavy atom. The summed E-state index contributed by atoms with van der Waals surface area (Å²) in [5, 5.41) is 0.466. The summed E-state index contributed by atoms with van der Waals surface area (Å²) in [6, 6.07) is 8.78. The first-order chi connectivity index (χ1) is 11.2. The van der Waals surface area contributed by atoms with Gasteiger partial charge in [0.05, 0.1) is 12.5 Å². The molecule has 4 rings (SSSR count). The lowest BCUT2D eigenvalue weighted by atomic mass is 10.3. The van der Waals surface area contributed by atoms with E-state index in [9.17, 15) is 4.79 Å². The number of benzene rings is 1. The normalized spacial score (nSPS) is 11.2. The molecule has 0 saturated carbocycles. The molecule has 114 valence electrons. The van der Waals surface area contributed by atoms with E-state index in [4.69, 9.17) is 9.15 Å². The molecule has 0 bridgehead atoms. The lowest BCUT2D eigenvalue weighted by Crippen LogP contribution is -2.21. The van der Waals surface area contributed by atoms with Gasteiger partial charge in [0, 0.05) is 12.3 Å². The minimum atomic E-state index is -0.178. The van der Waals surface area contributed by atoms with Crippen LogP contribution in [0.5, 0.6) is 5.75 Å². The zero-order valence-corrected chi connectivity index (χ0v) is 12.3. The number of aromatic nitrogens is 4. The van der Waals surface area contributed by atoms with E-state index in [0.717, 1.165) is 0 Å². The van der Waals surface area contributed by atoms with Crippen LogP contribution in [0.4, 0.5) is 0 Å². The van der Waals surface area contributed by atoms with Crippen LogP contribution in [-0.4, -0.2) is 26.6 Å². The molecule has 0 saturated heterocycles. The van der Waals surface area contributed by atoms with E-state index < -0.39 is 0 Å². The average Bonchev–Trinajstić information content (AvgIpc) is 2.99. The molecule has 0 aliphatic heterocycles. The van der Waals surface area contributed by atoms with Crippen molar-refractivity contribution in [2.24, 2.45) is 0 Å². The van der Waals surface area contributed by atoms with Gasteiger partial charge in [-0.05, 0) is 24.3 Å². The molecule has 7 heteroatoms. The fraction of sp³-hybridized carbons (Fsp3) is 0.125.